The highest BCUT2D eigenvalue weighted by Gasteiger charge is 2.10. The van der Waals surface area contributed by atoms with Crippen molar-refractivity contribution in [1.82, 2.24) is 20.2 Å². The second-order valence-electron chi connectivity index (χ2n) is 4.98. The minimum atomic E-state index is -3.19. The van der Waals surface area contributed by atoms with Gasteiger partial charge >= 0.3 is 0 Å². The van der Waals surface area contributed by atoms with Crippen LogP contribution in [0.5, 0.6) is 0 Å². The van der Waals surface area contributed by atoms with Crippen LogP contribution in [-0.2, 0) is 16.6 Å². The summed E-state index contributed by atoms with van der Waals surface area (Å²) in [6.45, 7) is 7.17. The lowest BCUT2D eigenvalue weighted by Gasteiger charge is -2.08. The second-order valence-corrected chi connectivity index (χ2v) is 6.90. The molecule has 0 fully saturated rings. The molecule has 0 aliphatic carbocycles. The van der Waals surface area contributed by atoms with Gasteiger partial charge in [-0.3, -0.25) is 5.10 Å². The van der Waals surface area contributed by atoms with Crippen LogP contribution in [0, 0.1) is 6.92 Å². The molecule has 3 N–H and O–H groups in total. The monoisotopic (exact) mass is 288 g/mol. The van der Waals surface area contributed by atoms with Gasteiger partial charge in [-0.15, -0.1) is 0 Å². The molecule has 110 valence electrons. The van der Waals surface area contributed by atoms with Crippen LogP contribution >= 0.6 is 0 Å². The number of nitrogens with one attached hydrogen (secondary N) is 3. The first-order valence-electron chi connectivity index (χ1n) is 6.60. The average Bonchev–Trinajstić information content (AvgIpc) is 2.71. The lowest BCUT2D eigenvalue weighted by molar-refractivity contribution is 0.555. The third-order valence-corrected chi connectivity index (χ3v) is 4.22. The molecule has 0 aromatic carbocycles. The molecule has 0 bridgehead atoms. The van der Waals surface area contributed by atoms with Gasteiger partial charge in [-0.25, -0.2) is 13.1 Å². The van der Waals surface area contributed by atoms with Crippen LogP contribution < -0.4 is 10.0 Å². The topological polar surface area (TPSA) is 86.9 Å². The summed E-state index contributed by atoms with van der Waals surface area (Å²) < 4.78 is 26.1. The van der Waals surface area contributed by atoms with Gasteiger partial charge in [0.2, 0.25) is 10.0 Å². The summed E-state index contributed by atoms with van der Waals surface area (Å²) in [4.78, 5) is 0. The van der Waals surface area contributed by atoms with Crippen molar-refractivity contribution in [2.24, 2.45) is 0 Å². The van der Waals surface area contributed by atoms with Crippen LogP contribution in [0.1, 0.15) is 37.9 Å². The Kier molecular flexibility index (Phi) is 6.47. The number of nitrogens with zero attached hydrogens (tertiary/aromatic N) is 1. The van der Waals surface area contributed by atoms with Crippen LogP contribution in [0.3, 0.4) is 0 Å². The van der Waals surface area contributed by atoms with E-state index in [0.29, 0.717) is 19.0 Å². The van der Waals surface area contributed by atoms with Gasteiger partial charge in [-0.1, -0.05) is 13.8 Å². The normalized spacial score (nSPS) is 12.2. The molecule has 0 aliphatic heterocycles. The molecular formula is C12H24N4O2S. The number of hydrogen-bond acceptors (Lipinski definition) is 4. The smallest absolute Gasteiger partial charge is 0.211 e. The minimum Gasteiger partial charge on any atom is -0.315 e. The molecule has 19 heavy (non-hydrogen) atoms. The molecule has 0 spiro atoms. The van der Waals surface area contributed by atoms with Crippen LogP contribution in [-0.4, -0.2) is 37.0 Å². The van der Waals surface area contributed by atoms with Gasteiger partial charge in [0.15, 0.2) is 0 Å². The van der Waals surface area contributed by atoms with E-state index in [2.05, 4.69) is 34.1 Å². The first kappa shape index (κ1) is 16.1. The Bertz CT molecular complexity index is 468. The maximum absolute atomic E-state index is 11.8. The largest absolute Gasteiger partial charge is 0.315 e. The van der Waals surface area contributed by atoms with Crippen molar-refractivity contribution < 1.29 is 8.42 Å². The molecular weight excluding hydrogens is 264 g/mol. The molecule has 1 aromatic rings. The van der Waals surface area contributed by atoms with E-state index in [1.807, 2.05) is 6.92 Å². The molecule has 0 saturated heterocycles. The fraction of sp³-hybridized carbons (Fsp3) is 0.750. The Labute approximate surface area is 115 Å². The number of aromatic amines is 1. The van der Waals surface area contributed by atoms with E-state index in [9.17, 15) is 8.42 Å². The quantitative estimate of drug-likeness (QED) is 0.590. The summed E-state index contributed by atoms with van der Waals surface area (Å²) in [6, 6.07) is 0.443. The lowest BCUT2D eigenvalue weighted by atomic mass is 10.3. The highest BCUT2D eigenvalue weighted by molar-refractivity contribution is 7.89. The summed E-state index contributed by atoms with van der Waals surface area (Å²) in [7, 11) is -3.19. The maximum atomic E-state index is 11.8. The number of rotatable bonds is 9. The van der Waals surface area contributed by atoms with Crippen molar-refractivity contribution in [1.29, 1.82) is 0 Å². The Morgan fingerprint density at radius 1 is 1.37 bits per heavy atom. The molecule has 0 radical (unpaired) electrons. The van der Waals surface area contributed by atoms with Crippen LogP contribution in [0.2, 0.25) is 0 Å². The third-order valence-electron chi connectivity index (χ3n) is 2.81. The van der Waals surface area contributed by atoms with E-state index in [1.54, 1.807) is 6.20 Å². The van der Waals surface area contributed by atoms with Gasteiger partial charge in [0, 0.05) is 23.8 Å². The average molecular weight is 288 g/mol. The number of H-pyrrole nitrogens is 1. The van der Waals surface area contributed by atoms with E-state index >= 15 is 0 Å². The molecule has 7 heteroatoms. The summed E-state index contributed by atoms with van der Waals surface area (Å²) in [5, 5.41) is 9.91. The van der Waals surface area contributed by atoms with Crippen LogP contribution in [0.25, 0.3) is 0 Å². The van der Waals surface area contributed by atoms with Gasteiger partial charge in [0.25, 0.3) is 0 Å². The summed E-state index contributed by atoms with van der Waals surface area (Å²) >= 11 is 0. The fourth-order valence-electron chi connectivity index (χ4n) is 1.62. The molecule has 0 amide bonds. The zero-order valence-electron chi connectivity index (χ0n) is 11.9. The Hall–Kier alpha value is -0.920. The van der Waals surface area contributed by atoms with E-state index in [1.165, 1.54) is 0 Å². The van der Waals surface area contributed by atoms with Crippen molar-refractivity contribution >= 4 is 10.0 Å². The molecule has 0 unspecified atom stereocenters. The Morgan fingerprint density at radius 3 is 2.68 bits per heavy atom. The molecule has 1 heterocycles. The van der Waals surface area contributed by atoms with Gasteiger partial charge in [-0.05, 0) is 26.3 Å². The standard InChI is InChI=1S/C12H24N4O2S/c1-10(2)13-6-4-5-7-19(17,18)15-9-12-8-14-16-11(12)3/h8,10,13,15H,4-7,9H2,1-3H3,(H,14,16). The van der Waals surface area contributed by atoms with Gasteiger partial charge in [0.05, 0.1) is 11.9 Å². The predicted octanol–water partition coefficient (Wildman–Crippen LogP) is 0.916. The van der Waals surface area contributed by atoms with Gasteiger partial charge in [0.1, 0.15) is 0 Å². The zero-order valence-corrected chi connectivity index (χ0v) is 12.7. The molecule has 6 nitrogen and oxygen atoms in total. The van der Waals surface area contributed by atoms with E-state index in [0.717, 1.165) is 24.2 Å². The third kappa shape index (κ3) is 6.70. The SMILES string of the molecule is Cc1[nH]ncc1CNS(=O)(=O)CCCCNC(C)C. The molecule has 1 rings (SSSR count). The first-order valence-corrected chi connectivity index (χ1v) is 8.25. The highest BCUT2D eigenvalue weighted by Crippen LogP contribution is 2.03. The van der Waals surface area contributed by atoms with Crippen molar-refractivity contribution in [2.45, 2.75) is 46.2 Å². The fourth-order valence-corrected chi connectivity index (χ4v) is 2.73. The van der Waals surface area contributed by atoms with Gasteiger partial charge < -0.3 is 5.32 Å². The van der Waals surface area contributed by atoms with Crippen LogP contribution in [0.15, 0.2) is 6.20 Å². The summed E-state index contributed by atoms with van der Waals surface area (Å²) in [5.74, 6) is 0.170. The number of hydrogen-bond donors (Lipinski definition) is 3. The Balaban J connectivity index is 2.23. The lowest BCUT2D eigenvalue weighted by Crippen LogP contribution is -2.27. The molecule has 0 aliphatic rings. The number of aryl methyl sites for hydroxylation is 1. The maximum Gasteiger partial charge on any atom is 0.211 e. The van der Waals surface area contributed by atoms with E-state index in [-0.39, 0.29) is 5.75 Å². The predicted molar refractivity (Wildman–Crippen MR) is 76.3 cm³/mol. The number of aromatic nitrogens is 2. The minimum absolute atomic E-state index is 0.170. The molecule has 0 saturated carbocycles. The van der Waals surface area contributed by atoms with Crippen LogP contribution in [0.4, 0.5) is 0 Å². The van der Waals surface area contributed by atoms with Crippen molar-refractivity contribution in [3.63, 3.8) is 0 Å². The summed E-state index contributed by atoms with van der Waals surface area (Å²) in [5.41, 5.74) is 1.77. The first-order chi connectivity index (χ1) is 8.91. The Morgan fingerprint density at radius 2 is 2.11 bits per heavy atom. The van der Waals surface area contributed by atoms with E-state index in [4.69, 9.17) is 0 Å². The number of sulfonamides is 1. The highest BCUT2D eigenvalue weighted by atomic mass is 32.2. The second kappa shape index (κ2) is 7.62. The van der Waals surface area contributed by atoms with Gasteiger partial charge in [-0.2, -0.15) is 5.10 Å². The molecule has 1 aromatic heterocycles. The zero-order chi connectivity index (χ0) is 14.3. The number of unbranched alkanes of at least 4 members (excludes halogenated alkanes) is 1. The van der Waals surface area contributed by atoms with E-state index < -0.39 is 10.0 Å². The molecule has 0 atom stereocenters. The van der Waals surface area contributed by atoms with Crippen molar-refractivity contribution in [3.05, 3.63) is 17.5 Å². The van der Waals surface area contributed by atoms with Crippen molar-refractivity contribution in [2.75, 3.05) is 12.3 Å². The van der Waals surface area contributed by atoms with Crippen molar-refractivity contribution in [3.8, 4) is 0 Å². The summed E-state index contributed by atoms with van der Waals surface area (Å²) in [6.07, 6.45) is 3.17.